The fraction of sp³-hybridized carbons (Fsp3) is 0.500. The minimum atomic E-state index is -0.288. The molecule has 0 radical (unpaired) electrons. The number of hydrogen-bond acceptors (Lipinski definition) is 1. The van der Waals surface area contributed by atoms with Crippen molar-refractivity contribution in [2.45, 2.75) is 31.0 Å². The lowest BCUT2D eigenvalue weighted by Gasteiger charge is -2.14. The smallest absolute Gasteiger partial charge is 0.165 e. The first-order chi connectivity index (χ1) is 7.04. The Morgan fingerprint density at radius 3 is 2.53 bits per heavy atom. The topological polar surface area (TPSA) is 9.23 Å². The fourth-order valence-corrected chi connectivity index (χ4v) is 2.17. The van der Waals surface area contributed by atoms with Crippen LogP contribution in [0.25, 0.3) is 0 Å². The minimum absolute atomic E-state index is 0.288. The van der Waals surface area contributed by atoms with Gasteiger partial charge in [0, 0.05) is 4.83 Å². The van der Waals surface area contributed by atoms with E-state index in [-0.39, 0.29) is 5.82 Å². The lowest BCUT2D eigenvalue weighted by molar-refractivity contribution is 0.386. The van der Waals surface area contributed by atoms with Gasteiger partial charge < -0.3 is 4.74 Å². The summed E-state index contributed by atoms with van der Waals surface area (Å²) >= 11 is 3.50. The molecule has 0 aliphatic carbocycles. The maximum absolute atomic E-state index is 13.4. The molecule has 0 bridgehead atoms. The Hall–Kier alpha value is -0.570. The van der Waals surface area contributed by atoms with Gasteiger partial charge in [0.15, 0.2) is 11.6 Å². The molecule has 3 heteroatoms. The molecule has 0 saturated carbocycles. The van der Waals surface area contributed by atoms with E-state index in [1.807, 2.05) is 6.07 Å². The molecule has 0 aliphatic heterocycles. The summed E-state index contributed by atoms with van der Waals surface area (Å²) in [5.41, 5.74) is 1.01. The highest BCUT2D eigenvalue weighted by Gasteiger charge is 2.11. The van der Waals surface area contributed by atoms with Gasteiger partial charge in [-0.2, -0.15) is 0 Å². The first kappa shape index (κ1) is 12.5. The van der Waals surface area contributed by atoms with Crippen molar-refractivity contribution in [2.24, 2.45) is 0 Å². The Bertz CT molecular complexity index is 325. The van der Waals surface area contributed by atoms with Gasteiger partial charge in [-0.05, 0) is 30.0 Å². The van der Waals surface area contributed by atoms with E-state index in [9.17, 15) is 4.39 Å². The molecule has 0 amide bonds. The van der Waals surface area contributed by atoms with E-state index in [4.69, 9.17) is 4.74 Å². The molecule has 2 atom stereocenters. The second kappa shape index (κ2) is 5.50. The number of benzene rings is 1. The van der Waals surface area contributed by atoms with Crippen molar-refractivity contribution >= 4 is 15.9 Å². The predicted molar refractivity (Wildman–Crippen MR) is 64.4 cm³/mol. The van der Waals surface area contributed by atoms with Crippen LogP contribution in [0, 0.1) is 5.82 Å². The zero-order chi connectivity index (χ0) is 11.4. The van der Waals surface area contributed by atoms with Gasteiger partial charge in [-0.1, -0.05) is 35.8 Å². The molecule has 1 aromatic rings. The van der Waals surface area contributed by atoms with Gasteiger partial charge in [0.05, 0.1) is 7.11 Å². The van der Waals surface area contributed by atoms with Crippen LogP contribution in [0.5, 0.6) is 5.75 Å². The molecule has 84 valence electrons. The molecular formula is C12H16BrFO. The van der Waals surface area contributed by atoms with Gasteiger partial charge in [-0.3, -0.25) is 0 Å². The zero-order valence-corrected chi connectivity index (χ0v) is 10.8. The maximum atomic E-state index is 13.4. The summed E-state index contributed by atoms with van der Waals surface area (Å²) in [6.45, 7) is 4.19. The van der Waals surface area contributed by atoms with Crippen LogP contribution in [0.3, 0.4) is 0 Å². The van der Waals surface area contributed by atoms with Gasteiger partial charge in [-0.25, -0.2) is 4.39 Å². The van der Waals surface area contributed by atoms with Crippen LogP contribution in [0.1, 0.15) is 31.7 Å². The Labute approximate surface area is 98.8 Å². The molecule has 1 aromatic carbocycles. The van der Waals surface area contributed by atoms with E-state index in [0.717, 1.165) is 12.0 Å². The van der Waals surface area contributed by atoms with Crippen LogP contribution in [0.4, 0.5) is 4.39 Å². The molecule has 0 N–H and O–H groups in total. The minimum Gasteiger partial charge on any atom is -0.494 e. The Morgan fingerprint density at radius 2 is 2.07 bits per heavy atom. The highest BCUT2D eigenvalue weighted by atomic mass is 79.9. The average Bonchev–Trinajstić information content (AvgIpc) is 2.16. The molecule has 2 unspecified atom stereocenters. The molecule has 0 heterocycles. The van der Waals surface area contributed by atoms with Crippen LogP contribution < -0.4 is 4.74 Å². The monoisotopic (exact) mass is 274 g/mol. The Kier molecular flexibility index (Phi) is 4.58. The number of rotatable bonds is 4. The number of alkyl halides is 1. The van der Waals surface area contributed by atoms with Crippen molar-refractivity contribution in [3.63, 3.8) is 0 Å². The van der Waals surface area contributed by atoms with Crippen molar-refractivity contribution in [3.05, 3.63) is 29.6 Å². The first-order valence-corrected chi connectivity index (χ1v) is 5.93. The normalized spacial score (nSPS) is 14.7. The van der Waals surface area contributed by atoms with Crippen molar-refractivity contribution in [1.29, 1.82) is 0 Å². The molecule has 1 rings (SSSR count). The fourth-order valence-electron chi connectivity index (χ4n) is 1.61. The quantitative estimate of drug-likeness (QED) is 0.751. The van der Waals surface area contributed by atoms with Crippen LogP contribution in [0.15, 0.2) is 18.2 Å². The van der Waals surface area contributed by atoms with Gasteiger partial charge in [0.25, 0.3) is 0 Å². The van der Waals surface area contributed by atoms with Crippen LogP contribution in [0.2, 0.25) is 0 Å². The van der Waals surface area contributed by atoms with Crippen molar-refractivity contribution in [1.82, 2.24) is 0 Å². The maximum Gasteiger partial charge on any atom is 0.165 e. The molecule has 0 spiro atoms. The van der Waals surface area contributed by atoms with E-state index in [2.05, 4.69) is 29.8 Å². The van der Waals surface area contributed by atoms with Crippen molar-refractivity contribution < 1.29 is 9.13 Å². The summed E-state index contributed by atoms with van der Waals surface area (Å²) in [6.07, 6.45) is 0.992. The van der Waals surface area contributed by atoms with Gasteiger partial charge >= 0.3 is 0 Å². The largest absolute Gasteiger partial charge is 0.494 e. The number of methoxy groups -OCH3 is 1. The highest BCUT2D eigenvalue weighted by molar-refractivity contribution is 9.09. The van der Waals surface area contributed by atoms with Crippen LogP contribution >= 0.6 is 15.9 Å². The number of hydrogen-bond donors (Lipinski definition) is 0. The molecule has 0 saturated heterocycles. The van der Waals surface area contributed by atoms with E-state index in [1.54, 1.807) is 12.1 Å². The van der Waals surface area contributed by atoms with E-state index < -0.39 is 0 Å². The third kappa shape index (κ3) is 3.49. The highest BCUT2D eigenvalue weighted by Crippen LogP contribution is 2.27. The van der Waals surface area contributed by atoms with Crippen molar-refractivity contribution in [3.8, 4) is 5.75 Å². The van der Waals surface area contributed by atoms with E-state index in [1.165, 1.54) is 7.11 Å². The van der Waals surface area contributed by atoms with Crippen LogP contribution in [-0.2, 0) is 0 Å². The van der Waals surface area contributed by atoms with E-state index >= 15 is 0 Å². The zero-order valence-electron chi connectivity index (χ0n) is 9.26. The summed E-state index contributed by atoms with van der Waals surface area (Å²) in [7, 11) is 1.47. The second-order valence-electron chi connectivity index (χ2n) is 3.81. The molecule has 0 aliphatic rings. The number of halogens is 2. The van der Waals surface area contributed by atoms with Gasteiger partial charge in [0.1, 0.15) is 0 Å². The lowest BCUT2D eigenvalue weighted by Crippen LogP contribution is -2.01. The molecule has 1 nitrogen and oxygen atoms in total. The SMILES string of the molecule is COc1ccc(C(C)CC(C)Br)cc1F. The molecule has 15 heavy (non-hydrogen) atoms. The average molecular weight is 275 g/mol. The summed E-state index contributed by atoms with van der Waals surface area (Å²) in [6, 6.07) is 5.15. The summed E-state index contributed by atoms with van der Waals surface area (Å²) < 4.78 is 18.3. The molecule has 0 aromatic heterocycles. The third-order valence-electron chi connectivity index (χ3n) is 2.42. The number of ether oxygens (including phenoxy) is 1. The standard InChI is InChI=1S/C12H16BrFO/c1-8(6-9(2)13)10-4-5-12(15-3)11(14)7-10/h4-5,7-9H,6H2,1-3H3. The van der Waals surface area contributed by atoms with Crippen molar-refractivity contribution in [2.75, 3.05) is 7.11 Å². The Morgan fingerprint density at radius 1 is 1.40 bits per heavy atom. The summed E-state index contributed by atoms with van der Waals surface area (Å²) in [5, 5.41) is 0. The molecule has 0 fully saturated rings. The van der Waals surface area contributed by atoms with E-state index in [0.29, 0.717) is 16.5 Å². The van der Waals surface area contributed by atoms with Gasteiger partial charge in [-0.15, -0.1) is 0 Å². The predicted octanol–water partition coefficient (Wildman–Crippen LogP) is 4.11. The van der Waals surface area contributed by atoms with Gasteiger partial charge in [0.2, 0.25) is 0 Å². The lowest BCUT2D eigenvalue weighted by atomic mass is 9.96. The summed E-state index contributed by atoms with van der Waals surface area (Å²) in [5.74, 6) is 0.363. The summed E-state index contributed by atoms with van der Waals surface area (Å²) in [4.78, 5) is 0.442. The first-order valence-electron chi connectivity index (χ1n) is 5.02. The van der Waals surface area contributed by atoms with Crippen LogP contribution in [-0.4, -0.2) is 11.9 Å². The molecular weight excluding hydrogens is 259 g/mol. The Balaban J connectivity index is 2.82. The second-order valence-corrected chi connectivity index (χ2v) is 5.37. The third-order valence-corrected chi connectivity index (χ3v) is 2.80.